The van der Waals surface area contributed by atoms with Gasteiger partial charge in [0.2, 0.25) is 0 Å². The predicted octanol–water partition coefficient (Wildman–Crippen LogP) is 3.10. The van der Waals surface area contributed by atoms with Crippen LogP contribution in [-0.2, 0) is 0 Å². The lowest BCUT2D eigenvalue weighted by atomic mass is 10.1. The number of ketones is 1. The van der Waals surface area contributed by atoms with E-state index in [9.17, 15) is 18.0 Å². The fourth-order valence-corrected chi connectivity index (χ4v) is 2.19. The van der Waals surface area contributed by atoms with Gasteiger partial charge in [-0.3, -0.25) is 9.79 Å². The Hall–Kier alpha value is -1.85. The van der Waals surface area contributed by atoms with Crippen molar-refractivity contribution in [1.82, 2.24) is 0 Å². The molecule has 1 aromatic rings. The van der Waals surface area contributed by atoms with Crippen LogP contribution >= 0.6 is 0 Å². The molecule has 0 aliphatic carbocycles. The molecule has 0 amide bonds. The van der Waals surface area contributed by atoms with Crippen LogP contribution in [0.2, 0.25) is 0 Å². The zero-order valence-corrected chi connectivity index (χ0v) is 11.0. The predicted molar refractivity (Wildman–Crippen MR) is 71.6 cm³/mol. The van der Waals surface area contributed by atoms with Gasteiger partial charge in [-0.25, -0.2) is 0 Å². The van der Waals surface area contributed by atoms with Crippen LogP contribution in [0.15, 0.2) is 29.3 Å². The second kappa shape index (κ2) is 5.64. The summed E-state index contributed by atoms with van der Waals surface area (Å²) in [4.78, 5) is 16.7. The molecular weight excluding hydrogens is 269 g/mol. The van der Waals surface area contributed by atoms with Crippen LogP contribution in [0.5, 0.6) is 0 Å². The maximum atomic E-state index is 12.1. The summed E-state index contributed by atoms with van der Waals surface area (Å²) in [6.07, 6.45) is -3.68. The number of alkyl halides is 3. The van der Waals surface area contributed by atoms with E-state index in [4.69, 9.17) is 0 Å². The molecule has 3 nitrogen and oxygen atoms in total. The molecule has 20 heavy (non-hydrogen) atoms. The molecule has 1 aromatic carbocycles. The van der Waals surface area contributed by atoms with Crippen LogP contribution in [0.3, 0.4) is 0 Å². The molecule has 1 fully saturated rings. The summed E-state index contributed by atoms with van der Waals surface area (Å²) in [7, 11) is 0. The van der Waals surface area contributed by atoms with Crippen LogP contribution in [0.1, 0.15) is 23.7 Å². The highest BCUT2D eigenvalue weighted by atomic mass is 19.4. The average Bonchev–Trinajstić information content (AvgIpc) is 2.84. The van der Waals surface area contributed by atoms with E-state index in [-0.39, 0.29) is 18.0 Å². The van der Waals surface area contributed by atoms with Gasteiger partial charge < -0.3 is 4.90 Å². The van der Waals surface area contributed by atoms with E-state index in [2.05, 4.69) is 4.99 Å². The van der Waals surface area contributed by atoms with Crippen molar-refractivity contribution < 1.29 is 18.0 Å². The van der Waals surface area contributed by atoms with Crippen molar-refractivity contribution in [3.05, 3.63) is 29.8 Å². The number of hydrogen-bond acceptors (Lipinski definition) is 3. The molecule has 0 radical (unpaired) electrons. The third-order valence-corrected chi connectivity index (χ3v) is 3.23. The number of Topliss-reactive ketones (excluding diaryl/α,β-unsaturated/α-hetero) is 1. The zero-order chi connectivity index (χ0) is 14.8. The topological polar surface area (TPSA) is 32.7 Å². The standard InChI is InChI=1S/C14H15F3N2O/c1-10(20)11-2-4-13(5-3-11)19-7-6-12(8-19)18-9-14(15,16)17/h2-5,9,12H,6-8H2,1H3/t12-/m0/s1. The highest BCUT2D eigenvalue weighted by molar-refractivity contribution is 5.94. The molecule has 0 aromatic heterocycles. The average molecular weight is 284 g/mol. The fourth-order valence-electron chi connectivity index (χ4n) is 2.19. The van der Waals surface area contributed by atoms with E-state index in [0.29, 0.717) is 25.1 Å². The Morgan fingerprint density at radius 2 is 2.00 bits per heavy atom. The number of hydrogen-bond donors (Lipinski definition) is 0. The van der Waals surface area contributed by atoms with Crippen molar-refractivity contribution in [2.75, 3.05) is 18.0 Å². The molecule has 0 bridgehead atoms. The van der Waals surface area contributed by atoms with Crippen molar-refractivity contribution in [2.24, 2.45) is 4.99 Å². The first kappa shape index (κ1) is 14.6. The highest BCUT2D eigenvalue weighted by Crippen LogP contribution is 2.23. The summed E-state index contributed by atoms with van der Waals surface area (Å²) in [5, 5.41) is 0. The van der Waals surface area contributed by atoms with Crippen LogP contribution in [0, 0.1) is 0 Å². The van der Waals surface area contributed by atoms with Crippen LogP contribution in [-0.4, -0.2) is 37.3 Å². The van der Waals surface area contributed by atoms with E-state index in [1.165, 1.54) is 6.92 Å². The number of carbonyl (C=O) groups is 1. The maximum Gasteiger partial charge on any atom is 0.426 e. The molecule has 0 spiro atoms. The first-order valence-corrected chi connectivity index (χ1v) is 6.32. The van der Waals surface area contributed by atoms with Gasteiger partial charge in [0.1, 0.15) is 6.21 Å². The molecule has 108 valence electrons. The summed E-state index contributed by atoms with van der Waals surface area (Å²) in [5.74, 6) is -0.00868. The summed E-state index contributed by atoms with van der Waals surface area (Å²) in [6, 6.07) is 6.75. The second-order valence-electron chi connectivity index (χ2n) is 4.81. The van der Waals surface area contributed by atoms with E-state index in [0.717, 1.165) is 5.69 Å². The van der Waals surface area contributed by atoms with Crippen molar-refractivity contribution in [3.8, 4) is 0 Å². The summed E-state index contributed by atoms with van der Waals surface area (Å²) < 4.78 is 36.2. The number of benzene rings is 1. The Morgan fingerprint density at radius 1 is 1.35 bits per heavy atom. The van der Waals surface area contributed by atoms with E-state index >= 15 is 0 Å². The number of nitrogens with zero attached hydrogens (tertiary/aromatic N) is 2. The molecule has 0 saturated carbocycles. The number of carbonyl (C=O) groups excluding carboxylic acids is 1. The lowest BCUT2D eigenvalue weighted by molar-refractivity contribution is -0.0538. The minimum Gasteiger partial charge on any atom is -0.369 e. The van der Waals surface area contributed by atoms with Crippen molar-refractivity contribution >= 4 is 17.7 Å². The van der Waals surface area contributed by atoms with Gasteiger partial charge in [-0.1, -0.05) is 0 Å². The molecule has 2 rings (SSSR count). The molecule has 0 N–H and O–H groups in total. The van der Waals surface area contributed by atoms with Crippen LogP contribution in [0.25, 0.3) is 0 Å². The van der Waals surface area contributed by atoms with Gasteiger partial charge in [-0.05, 0) is 37.6 Å². The van der Waals surface area contributed by atoms with Gasteiger partial charge in [0.05, 0.1) is 6.04 Å². The molecule has 1 saturated heterocycles. The summed E-state index contributed by atoms with van der Waals surface area (Å²) in [5.41, 5.74) is 1.53. The minimum absolute atomic E-state index is 0.00868. The lowest BCUT2D eigenvalue weighted by Gasteiger charge is -2.18. The van der Waals surface area contributed by atoms with E-state index in [1.807, 2.05) is 17.0 Å². The van der Waals surface area contributed by atoms with Gasteiger partial charge in [0, 0.05) is 24.3 Å². The molecule has 1 heterocycles. The quantitative estimate of drug-likeness (QED) is 0.631. The fraction of sp³-hybridized carbons (Fsp3) is 0.429. The Balaban J connectivity index is 1.99. The van der Waals surface area contributed by atoms with Gasteiger partial charge in [-0.15, -0.1) is 0 Å². The highest BCUT2D eigenvalue weighted by Gasteiger charge is 2.27. The summed E-state index contributed by atoms with van der Waals surface area (Å²) >= 11 is 0. The molecule has 0 unspecified atom stereocenters. The molecule has 6 heteroatoms. The van der Waals surface area contributed by atoms with Gasteiger partial charge in [-0.2, -0.15) is 13.2 Å². The number of rotatable bonds is 3. The molecule has 1 aliphatic heterocycles. The Morgan fingerprint density at radius 3 is 2.55 bits per heavy atom. The second-order valence-corrected chi connectivity index (χ2v) is 4.81. The number of anilines is 1. The van der Waals surface area contributed by atoms with E-state index in [1.54, 1.807) is 12.1 Å². The SMILES string of the molecule is CC(=O)c1ccc(N2CC[C@H](N=CC(F)(F)F)C2)cc1. The monoisotopic (exact) mass is 284 g/mol. The number of halogens is 3. The summed E-state index contributed by atoms with van der Waals surface area (Å²) in [6.45, 7) is 2.62. The largest absolute Gasteiger partial charge is 0.426 e. The van der Waals surface area contributed by atoms with E-state index < -0.39 is 6.18 Å². The van der Waals surface area contributed by atoms with Gasteiger partial charge in [0.15, 0.2) is 5.78 Å². The Kier molecular flexibility index (Phi) is 4.11. The molecule has 1 atom stereocenters. The zero-order valence-electron chi connectivity index (χ0n) is 11.0. The Bertz CT molecular complexity index is 508. The third kappa shape index (κ3) is 3.82. The lowest BCUT2D eigenvalue weighted by Crippen LogP contribution is -2.21. The van der Waals surface area contributed by atoms with Gasteiger partial charge >= 0.3 is 6.18 Å². The first-order chi connectivity index (χ1) is 9.35. The normalized spacial score (nSPS) is 19.8. The molecule has 1 aliphatic rings. The van der Waals surface area contributed by atoms with Crippen molar-refractivity contribution in [3.63, 3.8) is 0 Å². The number of aliphatic imine (C=N–C) groups is 1. The first-order valence-electron chi connectivity index (χ1n) is 6.32. The molecular formula is C14H15F3N2O. The van der Waals surface area contributed by atoms with Crippen molar-refractivity contribution in [2.45, 2.75) is 25.6 Å². The van der Waals surface area contributed by atoms with Crippen LogP contribution < -0.4 is 4.90 Å². The van der Waals surface area contributed by atoms with Crippen LogP contribution in [0.4, 0.5) is 18.9 Å². The third-order valence-electron chi connectivity index (χ3n) is 3.23. The van der Waals surface area contributed by atoms with Gasteiger partial charge in [0.25, 0.3) is 0 Å². The smallest absolute Gasteiger partial charge is 0.369 e. The maximum absolute atomic E-state index is 12.1. The minimum atomic E-state index is -4.35. The Labute approximate surface area is 115 Å². The van der Waals surface area contributed by atoms with Crippen molar-refractivity contribution in [1.29, 1.82) is 0 Å².